The molecule has 0 aliphatic rings. The molecule has 0 amide bonds. The van der Waals surface area contributed by atoms with Crippen molar-refractivity contribution in [3.63, 3.8) is 0 Å². The van der Waals surface area contributed by atoms with Gasteiger partial charge in [0.2, 0.25) is 0 Å². The summed E-state index contributed by atoms with van der Waals surface area (Å²) in [6.07, 6.45) is 0. The molecule has 0 saturated heterocycles. The van der Waals surface area contributed by atoms with E-state index in [1.807, 2.05) is 0 Å². The first-order valence-electron chi connectivity index (χ1n) is 6.62. The van der Waals surface area contributed by atoms with Crippen molar-refractivity contribution in [1.29, 1.82) is 4.78 Å². The predicted molar refractivity (Wildman–Crippen MR) is 88.6 cm³/mol. The van der Waals surface area contributed by atoms with Gasteiger partial charge in [-0.3, -0.25) is 0 Å². The normalized spacial score (nSPS) is 17.0. The molecule has 0 bridgehead atoms. The highest BCUT2D eigenvalue weighted by Gasteiger charge is 2.39. The third-order valence-electron chi connectivity index (χ3n) is 3.99. The second kappa shape index (κ2) is 5.19. The maximum absolute atomic E-state index is 12.8. The van der Waals surface area contributed by atoms with Crippen molar-refractivity contribution >= 4 is 29.1 Å². The van der Waals surface area contributed by atoms with Gasteiger partial charge in [0.25, 0.3) is 0 Å². The topological polar surface area (TPSA) is 74.0 Å². The first-order valence-corrected chi connectivity index (χ1v) is 12.4. The SMILES string of the molecule is CC(C)(O)c1csc(S(=N)(=O)C[Si](C)(C)C(C)(C)C)n1. The van der Waals surface area contributed by atoms with E-state index in [4.69, 9.17) is 4.78 Å². The van der Waals surface area contributed by atoms with E-state index in [9.17, 15) is 9.32 Å². The summed E-state index contributed by atoms with van der Waals surface area (Å²) < 4.78 is 21.4. The van der Waals surface area contributed by atoms with Crippen LogP contribution in [0, 0.1) is 4.78 Å². The lowest BCUT2D eigenvalue weighted by Crippen LogP contribution is -2.44. The molecule has 1 aromatic heterocycles. The first-order chi connectivity index (χ1) is 8.67. The summed E-state index contributed by atoms with van der Waals surface area (Å²) in [7, 11) is -4.70. The monoisotopic (exact) mass is 334 g/mol. The molecule has 0 fully saturated rings. The van der Waals surface area contributed by atoms with Crippen molar-refractivity contribution in [1.82, 2.24) is 4.98 Å². The Labute approximate surface area is 127 Å². The second-order valence-electron chi connectivity index (χ2n) is 7.51. The van der Waals surface area contributed by atoms with E-state index in [-0.39, 0.29) is 5.04 Å². The van der Waals surface area contributed by atoms with Crippen LogP contribution in [0.5, 0.6) is 0 Å². The van der Waals surface area contributed by atoms with E-state index in [0.717, 1.165) is 0 Å². The molecule has 1 heterocycles. The quantitative estimate of drug-likeness (QED) is 0.822. The Balaban J connectivity index is 3.10. The highest BCUT2D eigenvalue weighted by atomic mass is 32.2. The van der Waals surface area contributed by atoms with E-state index < -0.39 is 23.4 Å². The van der Waals surface area contributed by atoms with E-state index in [0.29, 0.717) is 15.4 Å². The van der Waals surface area contributed by atoms with Gasteiger partial charge in [0.05, 0.1) is 23.5 Å². The summed E-state index contributed by atoms with van der Waals surface area (Å²) in [5, 5.41) is 12.1. The van der Waals surface area contributed by atoms with Crippen molar-refractivity contribution in [3.05, 3.63) is 11.1 Å². The molecule has 2 N–H and O–H groups in total. The second-order valence-corrected chi connectivity index (χ2v) is 16.8. The molecule has 0 aliphatic heterocycles. The molecular weight excluding hydrogens is 308 g/mol. The van der Waals surface area contributed by atoms with Gasteiger partial charge >= 0.3 is 0 Å². The molecule has 0 aliphatic carbocycles. The predicted octanol–water partition coefficient (Wildman–Crippen LogP) is 3.82. The van der Waals surface area contributed by atoms with Gasteiger partial charge in [-0.05, 0) is 18.9 Å². The zero-order chi connectivity index (χ0) is 16.0. The maximum Gasteiger partial charge on any atom is 0.189 e. The van der Waals surface area contributed by atoms with Crippen LogP contribution in [0.2, 0.25) is 18.1 Å². The highest BCUT2D eigenvalue weighted by molar-refractivity contribution is 7.95. The van der Waals surface area contributed by atoms with Gasteiger partial charge in [-0.2, -0.15) is 0 Å². The summed E-state index contributed by atoms with van der Waals surface area (Å²) in [6.45, 7) is 14.1. The summed E-state index contributed by atoms with van der Waals surface area (Å²) in [5.41, 5.74) is -0.561. The van der Waals surface area contributed by atoms with Crippen LogP contribution in [0.25, 0.3) is 0 Å². The molecule has 116 valence electrons. The first kappa shape index (κ1) is 17.8. The Morgan fingerprint density at radius 1 is 1.35 bits per heavy atom. The number of aliphatic hydroxyl groups is 1. The van der Waals surface area contributed by atoms with Gasteiger partial charge < -0.3 is 5.11 Å². The molecule has 1 unspecified atom stereocenters. The minimum atomic E-state index is -2.88. The fraction of sp³-hybridized carbons (Fsp3) is 0.769. The number of hydrogen-bond acceptors (Lipinski definition) is 5. The average molecular weight is 335 g/mol. The fourth-order valence-corrected chi connectivity index (χ4v) is 10.0. The molecule has 0 radical (unpaired) electrons. The van der Waals surface area contributed by atoms with Crippen molar-refractivity contribution in [2.45, 2.75) is 62.7 Å². The van der Waals surface area contributed by atoms with Crippen LogP contribution >= 0.6 is 11.3 Å². The zero-order valence-corrected chi connectivity index (χ0v) is 16.0. The largest absolute Gasteiger partial charge is 0.384 e. The molecule has 1 rings (SSSR count). The molecule has 20 heavy (non-hydrogen) atoms. The average Bonchev–Trinajstić information content (AvgIpc) is 2.61. The van der Waals surface area contributed by atoms with Gasteiger partial charge in [-0.25, -0.2) is 14.0 Å². The smallest absolute Gasteiger partial charge is 0.189 e. The molecule has 1 atom stereocenters. The Kier molecular flexibility index (Phi) is 4.62. The van der Waals surface area contributed by atoms with Crippen LogP contribution in [0.1, 0.15) is 40.3 Å². The number of thiazole rings is 1. The fourth-order valence-electron chi connectivity index (χ4n) is 1.48. The molecule has 0 spiro atoms. The zero-order valence-electron chi connectivity index (χ0n) is 13.4. The van der Waals surface area contributed by atoms with Crippen molar-refractivity contribution < 1.29 is 9.32 Å². The number of hydrogen-bond donors (Lipinski definition) is 2. The number of nitrogens with zero attached hydrogens (tertiary/aromatic N) is 1. The van der Waals surface area contributed by atoms with Crippen molar-refractivity contribution in [2.24, 2.45) is 0 Å². The third kappa shape index (κ3) is 3.90. The maximum atomic E-state index is 12.8. The number of rotatable bonds is 4. The lowest BCUT2D eigenvalue weighted by Gasteiger charge is -2.36. The van der Waals surface area contributed by atoms with Gasteiger partial charge in [0.1, 0.15) is 5.60 Å². The van der Waals surface area contributed by atoms with Gasteiger partial charge in [-0.1, -0.05) is 33.9 Å². The van der Waals surface area contributed by atoms with E-state index in [1.54, 1.807) is 19.2 Å². The van der Waals surface area contributed by atoms with E-state index in [2.05, 4.69) is 38.8 Å². The van der Waals surface area contributed by atoms with Crippen LogP contribution in [0.4, 0.5) is 0 Å². The molecule has 0 saturated carbocycles. The van der Waals surface area contributed by atoms with Crippen LogP contribution < -0.4 is 0 Å². The molecule has 0 aromatic carbocycles. The third-order valence-corrected chi connectivity index (χ3v) is 14.9. The minimum Gasteiger partial charge on any atom is -0.384 e. The van der Waals surface area contributed by atoms with E-state index in [1.165, 1.54) is 11.3 Å². The number of nitrogens with one attached hydrogen (secondary N) is 1. The van der Waals surface area contributed by atoms with Gasteiger partial charge in [-0.15, -0.1) is 11.3 Å². The standard InChI is InChI=1S/C13H26N2O2S2Si/c1-12(2,3)20(6,7)9-19(14,17)11-15-10(8-18-11)13(4,5)16/h8,14,16H,9H2,1-7H3. The molecule has 7 heteroatoms. The summed E-state index contributed by atoms with van der Waals surface area (Å²) in [5.74, 6) is 0. The van der Waals surface area contributed by atoms with Crippen LogP contribution in [0.15, 0.2) is 9.72 Å². The lowest BCUT2D eigenvalue weighted by atomic mass is 10.1. The minimum absolute atomic E-state index is 0.0903. The molecule has 1 aromatic rings. The Morgan fingerprint density at radius 3 is 2.20 bits per heavy atom. The lowest BCUT2D eigenvalue weighted by molar-refractivity contribution is 0.0741. The summed E-state index contributed by atoms with van der Waals surface area (Å²) in [4.78, 5) is 4.25. The summed E-state index contributed by atoms with van der Waals surface area (Å²) in [6, 6.07) is 0. The van der Waals surface area contributed by atoms with Crippen LogP contribution in [-0.2, 0) is 15.3 Å². The van der Waals surface area contributed by atoms with Crippen LogP contribution in [0.3, 0.4) is 0 Å². The van der Waals surface area contributed by atoms with Crippen LogP contribution in [-0.4, -0.2) is 27.7 Å². The molecular formula is C13H26N2O2S2Si. The molecule has 4 nitrogen and oxygen atoms in total. The Hall–Kier alpha value is -0.243. The van der Waals surface area contributed by atoms with Gasteiger partial charge in [0, 0.05) is 10.8 Å². The Morgan fingerprint density at radius 2 is 1.85 bits per heavy atom. The van der Waals surface area contributed by atoms with Crippen molar-refractivity contribution in [2.75, 3.05) is 5.38 Å². The van der Waals surface area contributed by atoms with Gasteiger partial charge in [0.15, 0.2) is 4.34 Å². The van der Waals surface area contributed by atoms with Crippen molar-refractivity contribution in [3.8, 4) is 0 Å². The number of aromatic nitrogens is 1. The van der Waals surface area contributed by atoms with E-state index >= 15 is 0 Å². The highest BCUT2D eigenvalue weighted by Crippen LogP contribution is 2.38. The Bertz CT molecular complexity index is 578. The summed E-state index contributed by atoms with van der Waals surface area (Å²) >= 11 is 1.22.